The van der Waals surface area contributed by atoms with Crippen LogP contribution in [0.15, 0.2) is 35.7 Å². The van der Waals surface area contributed by atoms with E-state index in [1.165, 1.54) is 19.6 Å². The zero-order chi connectivity index (χ0) is 13.9. The van der Waals surface area contributed by atoms with E-state index in [1.807, 2.05) is 0 Å². The molecule has 102 valence electrons. The molecule has 0 bridgehead atoms. The van der Waals surface area contributed by atoms with Crippen molar-refractivity contribution in [2.75, 3.05) is 11.8 Å². The fourth-order valence-corrected chi connectivity index (χ4v) is 2.63. The number of rotatable bonds is 5. The number of methoxy groups -OCH3 is 1. The molecule has 0 fully saturated rings. The third-order valence-electron chi connectivity index (χ3n) is 2.55. The molecular weight excluding hydrogens is 268 g/mol. The summed E-state index contributed by atoms with van der Waals surface area (Å²) in [4.78, 5) is 6.22. The summed E-state index contributed by atoms with van der Waals surface area (Å²) >= 11 is 0. The largest absolute Gasteiger partial charge is 0.495 e. The Labute approximate surface area is 110 Å². The highest BCUT2D eigenvalue weighted by molar-refractivity contribution is 7.92. The predicted octanol–water partition coefficient (Wildman–Crippen LogP) is 0.678. The SMILES string of the molecule is COc1cccc(CN)c1NS(=O)(=O)c1cnc[nH]1. The van der Waals surface area contributed by atoms with E-state index in [9.17, 15) is 8.42 Å². The minimum Gasteiger partial charge on any atom is -0.495 e. The van der Waals surface area contributed by atoms with Crippen LogP contribution in [-0.2, 0) is 16.6 Å². The molecule has 7 nitrogen and oxygen atoms in total. The van der Waals surface area contributed by atoms with E-state index in [0.29, 0.717) is 17.0 Å². The fourth-order valence-electron chi connectivity index (χ4n) is 1.61. The highest BCUT2D eigenvalue weighted by Crippen LogP contribution is 2.29. The van der Waals surface area contributed by atoms with E-state index < -0.39 is 10.0 Å². The number of nitrogens with one attached hydrogen (secondary N) is 2. The van der Waals surface area contributed by atoms with Gasteiger partial charge in [0.2, 0.25) is 0 Å². The summed E-state index contributed by atoms with van der Waals surface area (Å²) in [6.45, 7) is 0.192. The topological polar surface area (TPSA) is 110 Å². The van der Waals surface area contributed by atoms with Crippen LogP contribution < -0.4 is 15.2 Å². The standard InChI is InChI=1S/C11H14N4O3S/c1-18-9-4-2-3-8(5-12)11(9)15-19(16,17)10-6-13-7-14-10/h2-4,6-7,15H,5,12H2,1H3,(H,13,14). The maximum Gasteiger partial charge on any atom is 0.279 e. The molecule has 0 unspecified atom stereocenters. The Morgan fingerprint density at radius 1 is 1.47 bits per heavy atom. The molecule has 4 N–H and O–H groups in total. The van der Waals surface area contributed by atoms with Crippen LogP contribution in [0.1, 0.15) is 5.56 Å². The van der Waals surface area contributed by atoms with Gasteiger partial charge in [-0.25, -0.2) is 4.98 Å². The van der Waals surface area contributed by atoms with Crippen LogP contribution in [0.4, 0.5) is 5.69 Å². The number of anilines is 1. The molecule has 0 radical (unpaired) electrons. The van der Waals surface area contributed by atoms with Crippen molar-refractivity contribution in [1.29, 1.82) is 0 Å². The molecule has 1 aromatic heterocycles. The summed E-state index contributed by atoms with van der Waals surface area (Å²) in [5.74, 6) is 0.408. The molecule has 19 heavy (non-hydrogen) atoms. The number of sulfonamides is 1. The summed E-state index contributed by atoms with van der Waals surface area (Å²) in [6, 6.07) is 5.13. The number of imidazole rings is 1. The van der Waals surface area contributed by atoms with Gasteiger partial charge in [-0.1, -0.05) is 12.1 Å². The number of H-pyrrole nitrogens is 1. The summed E-state index contributed by atoms with van der Waals surface area (Å²) in [5, 5.41) is -0.0265. The number of aromatic amines is 1. The van der Waals surface area contributed by atoms with Gasteiger partial charge in [0.25, 0.3) is 10.0 Å². The summed E-state index contributed by atoms with van der Waals surface area (Å²) in [6.07, 6.45) is 2.51. The highest BCUT2D eigenvalue weighted by atomic mass is 32.2. The molecule has 2 rings (SSSR count). The smallest absolute Gasteiger partial charge is 0.279 e. The number of ether oxygens (including phenoxy) is 1. The lowest BCUT2D eigenvalue weighted by atomic mass is 10.1. The molecule has 0 spiro atoms. The number of hydrogen-bond acceptors (Lipinski definition) is 5. The van der Waals surface area contributed by atoms with Gasteiger partial charge in [-0.3, -0.25) is 4.72 Å². The normalized spacial score (nSPS) is 11.3. The first-order valence-electron chi connectivity index (χ1n) is 5.45. The van der Waals surface area contributed by atoms with Crippen molar-refractivity contribution >= 4 is 15.7 Å². The minimum atomic E-state index is -3.74. The molecule has 1 aromatic carbocycles. The quantitative estimate of drug-likeness (QED) is 0.747. The Balaban J connectivity index is 2.44. The molecule has 0 saturated heterocycles. The maximum atomic E-state index is 12.1. The summed E-state index contributed by atoms with van der Waals surface area (Å²) in [5.41, 5.74) is 6.58. The van der Waals surface area contributed by atoms with E-state index in [2.05, 4.69) is 14.7 Å². The summed E-state index contributed by atoms with van der Waals surface area (Å²) in [7, 11) is -2.28. The molecule has 0 aliphatic rings. The second-order valence-corrected chi connectivity index (χ2v) is 5.37. The van der Waals surface area contributed by atoms with Crippen molar-refractivity contribution in [2.45, 2.75) is 11.6 Å². The number of para-hydroxylation sites is 1. The van der Waals surface area contributed by atoms with Gasteiger partial charge < -0.3 is 15.5 Å². The van der Waals surface area contributed by atoms with Crippen molar-refractivity contribution in [1.82, 2.24) is 9.97 Å². The third kappa shape index (κ3) is 2.69. The van der Waals surface area contributed by atoms with Crippen LogP contribution in [0.3, 0.4) is 0 Å². The lowest BCUT2D eigenvalue weighted by Crippen LogP contribution is -2.16. The first-order valence-corrected chi connectivity index (χ1v) is 6.94. The molecule has 0 saturated carbocycles. The Morgan fingerprint density at radius 3 is 2.84 bits per heavy atom. The Hall–Kier alpha value is -2.06. The van der Waals surface area contributed by atoms with Gasteiger partial charge >= 0.3 is 0 Å². The molecule has 0 atom stereocenters. The molecule has 0 aliphatic carbocycles. The molecule has 8 heteroatoms. The molecule has 1 heterocycles. The number of nitrogens with two attached hydrogens (primary N) is 1. The van der Waals surface area contributed by atoms with Crippen LogP contribution in [0.5, 0.6) is 5.75 Å². The third-order valence-corrected chi connectivity index (χ3v) is 3.83. The number of hydrogen-bond donors (Lipinski definition) is 3. The van der Waals surface area contributed by atoms with E-state index >= 15 is 0 Å². The van der Waals surface area contributed by atoms with E-state index in [-0.39, 0.29) is 11.6 Å². The van der Waals surface area contributed by atoms with Crippen molar-refractivity contribution in [3.8, 4) is 5.75 Å². The monoisotopic (exact) mass is 282 g/mol. The molecule has 0 aliphatic heterocycles. The van der Waals surface area contributed by atoms with Crippen molar-refractivity contribution in [2.24, 2.45) is 5.73 Å². The Kier molecular flexibility index (Phi) is 3.72. The maximum absolute atomic E-state index is 12.1. The van der Waals surface area contributed by atoms with Crippen LogP contribution in [0.2, 0.25) is 0 Å². The van der Waals surface area contributed by atoms with E-state index in [4.69, 9.17) is 10.5 Å². The van der Waals surface area contributed by atoms with Crippen LogP contribution in [-0.4, -0.2) is 25.5 Å². The second kappa shape index (κ2) is 5.29. The lowest BCUT2D eigenvalue weighted by molar-refractivity contribution is 0.416. The van der Waals surface area contributed by atoms with Crippen LogP contribution in [0.25, 0.3) is 0 Å². The first-order chi connectivity index (χ1) is 9.08. The van der Waals surface area contributed by atoms with Gasteiger partial charge in [0.15, 0.2) is 5.03 Å². The molecular formula is C11H14N4O3S. The second-order valence-electron chi connectivity index (χ2n) is 3.72. The van der Waals surface area contributed by atoms with Crippen LogP contribution >= 0.6 is 0 Å². The van der Waals surface area contributed by atoms with Crippen LogP contribution in [0, 0.1) is 0 Å². The lowest BCUT2D eigenvalue weighted by Gasteiger charge is -2.14. The molecule has 2 aromatic rings. The number of nitrogens with zero attached hydrogens (tertiary/aromatic N) is 1. The first kappa shape index (κ1) is 13.4. The zero-order valence-corrected chi connectivity index (χ0v) is 11.1. The van der Waals surface area contributed by atoms with Gasteiger partial charge in [-0.2, -0.15) is 8.42 Å². The molecule has 0 amide bonds. The van der Waals surface area contributed by atoms with E-state index in [0.717, 1.165) is 0 Å². The van der Waals surface area contributed by atoms with Gasteiger partial charge in [-0.15, -0.1) is 0 Å². The van der Waals surface area contributed by atoms with Gasteiger partial charge in [-0.05, 0) is 11.6 Å². The zero-order valence-electron chi connectivity index (χ0n) is 10.3. The van der Waals surface area contributed by atoms with E-state index in [1.54, 1.807) is 18.2 Å². The van der Waals surface area contributed by atoms with Gasteiger partial charge in [0.05, 0.1) is 25.3 Å². The van der Waals surface area contributed by atoms with Crippen molar-refractivity contribution < 1.29 is 13.2 Å². The highest BCUT2D eigenvalue weighted by Gasteiger charge is 2.19. The Morgan fingerprint density at radius 2 is 2.26 bits per heavy atom. The van der Waals surface area contributed by atoms with Gasteiger partial charge in [0, 0.05) is 6.54 Å². The number of benzene rings is 1. The Bertz CT molecular complexity index is 630. The van der Waals surface area contributed by atoms with Crippen molar-refractivity contribution in [3.63, 3.8) is 0 Å². The predicted molar refractivity (Wildman–Crippen MR) is 70.3 cm³/mol. The average Bonchev–Trinajstić information content (AvgIpc) is 2.93. The van der Waals surface area contributed by atoms with Crippen molar-refractivity contribution in [3.05, 3.63) is 36.3 Å². The summed E-state index contributed by atoms with van der Waals surface area (Å²) < 4.78 is 31.8. The van der Waals surface area contributed by atoms with Gasteiger partial charge in [0.1, 0.15) is 5.75 Å². The fraction of sp³-hybridized carbons (Fsp3) is 0.182. The number of aromatic nitrogens is 2. The average molecular weight is 282 g/mol. The minimum absolute atomic E-state index is 0.0265.